The summed E-state index contributed by atoms with van der Waals surface area (Å²) in [5, 5.41) is 6.91. The van der Waals surface area contributed by atoms with E-state index in [4.69, 9.17) is 4.74 Å². The van der Waals surface area contributed by atoms with Crippen LogP contribution in [0.3, 0.4) is 0 Å². The van der Waals surface area contributed by atoms with Crippen LogP contribution in [0.4, 0.5) is 0 Å². The van der Waals surface area contributed by atoms with Gasteiger partial charge in [0.05, 0.1) is 18.8 Å². The van der Waals surface area contributed by atoms with Gasteiger partial charge >= 0.3 is 0 Å². The summed E-state index contributed by atoms with van der Waals surface area (Å²) in [6.07, 6.45) is 3.51. The second-order valence-electron chi connectivity index (χ2n) is 5.46. The molecular weight excluding hydrogens is 304 g/mol. The number of thiazole rings is 1. The number of amides is 1. The molecule has 1 aliphatic carbocycles. The third-order valence-corrected chi connectivity index (χ3v) is 5.81. The highest BCUT2D eigenvalue weighted by Gasteiger charge is 2.39. The van der Waals surface area contributed by atoms with E-state index >= 15 is 0 Å². The largest absolute Gasteiger partial charge is 0.374 e. The molecule has 21 heavy (non-hydrogen) atoms. The Labute approximate surface area is 131 Å². The van der Waals surface area contributed by atoms with Crippen LogP contribution in [0.25, 0.3) is 10.6 Å². The molecule has 2 atom stereocenters. The summed E-state index contributed by atoms with van der Waals surface area (Å²) in [5.41, 5.74) is 1.68. The van der Waals surface area contributed by atoms with E-state index in [1.807, 2.05) is 21.7 Å². The van der Waals surface area contributed by atoms with E-state index in [2.05, 4.69) is 10.4 Å². The zero-order valence-electron chi connectivity index (χ0n) is 11.5. The van der Waals surface area contributed by atoms with Crippen LogP contribution >= 0.6 is 22.7 Å². The minimum absolute atomic E-state index is 0.0629. The Morgan fingerprint density at radius 2 is 2.33 bits per heavy atom. The summed E-state index contributed by atoms with van der Waals surface area (Å²) < 4.78 is 5.77. The Kier molecular flexibility index (Phi) is 3.52. The third kappa shape index (κ3) is 2.41. The number of rotatable bonds is 2. The summed E-state index contributed by atoms with van der Waals surface area (Å²) in [6.45, 7) is 1.33. The number of morpholine rings is 1. The fourth-order valence-corrected chi connectivity index (χ4v) is 4.72. The van der Waals surface area contributed by atoms with Gasteiger partial charge in [0.1, 0.15) is 10.7 Å². The standard InChI is InChI=1S/C15H16N2O2S2/c18-15(17-5-6-19-13-3-1-2-12(13)17)11-9-21-14(16-11)10-4-7-20-8-10/h4,7-9,12-13H,1-3,5-6H2/t12-,13+/m0/s1. The zero-order valence-corrected chi connectivity index (χ0v) is 13.2. The first-order valence-electron chi connectivity index (χ1n) is 7.23. The molecule has 0 bridgehead atoms. The van der Waals surface area contributed by atoms with Gasteiger partial charge in [0.15, 0.2) is 0 Å². The highest BCUT2D eigenvalue weighted by atomic mass is 32.1. The van der Waals surface area contributed by atoms with E-state index in [0.29, 0.717) is 18.8 Å². The van der Waals surface area contributed by atoms with Gasteiger partial charge in [0, 0.05) is 22.9 Å². The van der Waals surface area contributed by atoms with Crippen LogP contribution in [-0.2, 0) is 4.74 Å². The summed E-state index contributed by atoms with van der Waals surface area (Å²) in [5.74, 6) is 0.0629. The minimum Gasteiger partial charge on any atom is -0.374 e. The number of carbonyl (C=O) groups is 1. The van der Waals surface area contributed by atoms with Crippen molar-refractivity contribution in [1.29, 1.82) is 0 Å². The van der Waals surface area contributed by atoms with Gasteiger partial charge in [-0.1, -0.05) is 0 Å². The van der Waals surface area contributed by atoms with Crippen molar-refractivity contribution >= 4 is 28.6 Å². The molecule has 0 aromatic carbocycles. The maximum Gasteiger partial charge on any atom is 0.273 e. The fraction of sp³-hybridized carbons (Fsp3) is 0.467. The number of hydrogen-bond acceptors (Lipinski definition) is 5. The first-order valence-corrected chi connectivity index (χ1v) is 9.06. The summed E-state index contributed by atoms with van der Waals surface area (Å²) in [7, 11) is 0. The Morgan fingerprint density at radius 1 is 1.38 bits per heavy atom. The molecule has 2 aromatic rings. The number of aromatic nitrogens is 1. The topological polar surface area (TPSA) is 42.4 Å². The van der Waals surface area contributed by atoms with Crippen molar-refractivity contribution in [2.75, 3.05) is 13.2 Å². The molecule has 2 fully saturated rings. The van der Waals surface area contributed by atoms with Crippen molar-refractivity contribution in [1.82, 2.24) is 9.88 Å². The molecule has 0 unspecified atom stereocenters. The van der Waals surface area contributed by atoms with Gasteiger partial charge in [-0.3, -0.25) is 4.79 Å². The summed E-state index contributed by atoms with van der Waals surface area (Å²) >= 11 is 3.19. The lowest BCUT2D eigenvalue weighted by molar-refractivity contribution is -0.0447. The van der Waals surface area contributed by atoms with Crippen molar-refractivity contribution in [2.45, 2.75) is 31.4 Å². The molecule has 1 aliphatic heterocycles. The number of nitrogens with zero attached hydrogens (tertiary/aromatic N) is 2. The van der Waals surface area contributed by atoms with Gasteiger partial charge < -0.3 is 9.64 Å². The number of thiophene rings is 1. The van der Waals surface area contributed by atoms with E-state index < -0.39 is 0 Å². The Hall–Kier alpha value is -1.24. The molecular formula is C15H16N2O2S2. The number of hydrogen-bond donors (Lipinski definition) is 0. The van der Waals surface area contributed by atoms with Crippen molar-refractivity contribution in [3.63, 3.8) is 0 Å². The second kappa shape index (κ2) is 5.51. The van der Waals surface area contributed by atoms with E-state index in [1.54, 1.807) is 22.7 Å². The van der Waals surface area contributed by atoms with Crippen molar-refractivity contribution < 1.29 is 9.53 Å². The molecule has 6 heteroatoms. The van der Waals surface area contributed by atoms with Gasteiger partial charge in [-0.25, -0.2) is 4.98 Å². The SMILES string of the molecule is O=C(c1csc(-c2ccsc2)n1)N1CCO[C@@H]2CCC[C@@H]21. The maximum absolute atomic E-state index is 12.7. The fourth-order valence-electron chi connectivity index (χ4n) is 3.22. The van der Waals surface area contributed by atoms with E-state index in [1.165, 1.54) is 0 Å². The molecule has 3 heterocycles. The number of fused-ring (bicyclic) bond motifs is 1. The van der Waals surface area contributed by atoms with E-state index in [9.17, 15) is 4.79 Å². The van der Waals surface area contributed by atoms with Gasteiger partial charge in [-0.15, -0.1) is 11.3 Å². The smallest absolute Gasteiger partial charge is 0.273 e. The monoisotopic (exact) mass is 320 g/mol. The van der Waals surface area contributed by atoms with Crippen molar-refractivity contribution in [3.05, 3.63) is 27.9 Å². The molecule has 1 saturated carbocycles. The average Bonchev–Trinajstić information content (AvgIpc) is 3.23. The van der Waals surface area contributed by atoms with Crippen LogP contribution in [0.1, 0.15) is 29.8 Å². The first-order chi connectivity index (χ1) is 10.3. The quantitative estimate of drug-likeness (QED) is 0.853. The molecule has 0 radical (unpaired) electrons. The molecule has 0 spiro atoms. The summed E-state index contributed by atoms with van der Waals surface area (Å²) in [4.78, 5) is 19.3. The Balaban J connectivity index is 1.57. The van der Waals surface area contributed by atoms with Gasteiger partial charge in [-0.2, -0.15) is 11.3 Å². The molecule has 1 saturated heterocycles. The minimum atomic E-state index is 0.0629. The normalized spacial score (nSPS) is 25.0. The molecule has 2 aromatic heterocycles. The first kappa shape index (κ1) is 13.4. The lowest BCUT2D eigenvalue weighted by atomic mass is 10.1. The van der Waals surface area contributed by atoms with Crippen LogP contribution in [0.5, 0.6) is 0 Å². The van der Waals surface area contributed by atoms with Crippen LogP contribution < -0.4 is 0 Å². The van der Waals surface area contributed by atoms with Crippen LogP contribution in [0, 0.1) is 0 Å². The second-order valence-corrected chi connectivity index (χ2v) is 7.09. The lowest BCUT2D eigenvalue weighted by Gasteiger charge is -2.37. The molecule has 4 nitrogen and oxygen atoms in total. The van der Waals surface area contributed by atoms with E-state index in [0.717, 1.165) is 29.8 Å². The Morgan fingerprint density at radius 3 is 3.19 bits per heavy atom. The highest BCUT2D eigenvalue weighted by Crippen LogP contribution is 2.32. The predicted octanol–water partition coefficient (Wildman–Crippen LogP) is 3.27. The lowest BCUT2D eigenvalue weighted by Crippen LogP contribution is -2.51. The molecule has 1 amide bonds. The van der Waals surface area contributed by atoms with Crippen LogP contribution in [0.2, 0.25) is 0 Å². The van der Waals surface area contributed by atoms with Crippen molar-refractivity contribution in [3.8, 4) is 10.6 Å². The highest BCUT2D eigenvalue weighted by molar-refractivity contribution is 7.14. The van der Waals surface area contributed by atoms with E-state index in [-0.39, 0.29) is 18.1 Å². The number of carbonyl (C=O) groups excluding carboxylic acids is 1. The molecule has 2 aliphatic rings. The van der Waals surface area contributed by atoms with Gasteiger partial charge in [-0.05, 0) is 30.7 Å². The van der Waals surface area contributed by atoms with Gasteiger partial charge in [0.25, 0.3) is 5.91 Å². The maximum atomic E-state index is 12.7. The summed E-state index contributed by atoms with van der Waals surface area (Å²) in [6, 6.07) is 2.29. The molecule has 4 rings (SSSR count). The molecule has 0 N–H and O–H groups in total. The predicted molar refractivity (Wildman–Crippen MR) is 83.8 cm³/mol. The zero-order chi connectivity index (χ0) is 14.2. The van der Waals surface area contributed by atoms with Crippen LogP contribution in [0.15, 0.2) is 22.2 Å². The average molecular weight is 320 g/mol. The van der Waals surface area contributed by atoms with Crippen molar-refractivity contribution in [2.24, 2.45) is 0 Å². The Bertz CT molecular complexity index is 638. The van der Waals surface area contributed by atoms with Crippen LogP contribution in [-0.4, -0.2) is 41.1 Å². The molecule has 110 valence electrons. The van der Waals surface area contributed by atoms with Gasteiger partial charge in [0.2, 0.25) is 0 Å². The third-order valence-electron chi connectivity index (χ3n) is 4.23. The number of ether oxygens (including phenoxy) is 1.